The van der Waals surface area contributed by atoms with Crippen LogP contribution in [0.3, 0.4) is 0 Å². The highest BCUT2D eigenvalue weighted by Gasteiger charge is 2.37. The van der Waals surface area contributed by atoms with Crippen LogP contribution in [-0.2, 0) is 0 Å². The van der Waals surface area contributed by atoms with E-state index in [1.807, 2.05) is 0 Å². The molecule has 1 rings (SSSR count). The number of hydrogen-bond donors (Lipinski definition) is 0. The standard InChI is InChI=1S/C10H16Cl2Si/c1-6-7(2)9(13(11)12)10(4,5)8(6)3/h13H,1-5H3. The summed E-state index contributed by atoms with van der Waals surface area (Å²) in [4.78, 5) is 0. The molecule has 0 N–H and O–H groups in total. The van der Waals surface area contributed by atoms with Gasteiger partial charge in [0, 0.05) is 5.41 Å². The maximum Gasteiger partial charge on any atom is 0.263 e. The highest BCUT2D eigenvalue weighted by molar-refractivity contribution is 7.37. The molecule has 13 heavy (non-hydrogen) atoms. The first kappa shape index (κ1) is 11.4. The first-order valence-corrected chi connectivity index (χ1v) is 8.54. The second kappa shape index (κ2) is 3.45. The van der Waals surface area contributed by atoms with Crippen LogP contribution in [0.4, 0.5) is 0 Å². The van der Waals surface area contributed by atoms with Crippen LogP contribution in [0.15, 0.2) is 21.9 Å². The van der Waals surface area contributed by atoms with Crippen LogP contribution in [0.2, 0.25) is 0 Å². The van der Waals surface area contributed by atoms with E-state index in [1.54, 1.807) is 0 Å². The number of allylic oxidation sites excluding steroid dienone is 4. The van der Waals surface area contributed by atoms with Gasteiger partial charge in [-0.1, -0.05) is 19.4 Å². The van der Waals surface area contributed by atoms with Gasteiger partial charge >= 0.3 is 0 Å². The summed E-state index contributed by atoms with van der Waals surface area (Å²) < 4.78 is 0. The predicted octanol–water partition coefficient (Wildman–Crippen LogP) is 3.92. The molecule has 0 saturated carbocycles. The fraction of sp³-hybridized carbons (Fsp3) is 0.600. The molecule has 3 heteroatoms. The third-order valence-electron chi connectivity index (χ3n) is 3.36. The maximum atomic E-state index is 6.11. The van der Waals surface area contributed by atoms with Crippen molar-refractivity contribution in [1.29, 1.82) is 0 Å². The second-order valence-electron chi connectivity index (χ2n) is 4.21. The van der Waals surface area contributed by atoms with Crippen molar-refractivity contribution in [2.45, 2.75) is 34.6 Å². The Morgan fingerprint density at radius 1 is 1.00 bits per heavy atom. The highest BCUT2D eigenvalue weighted by atomic mass is 35.7. The van der Waals surface area contributed by atoms with E-state index in [0.717, 1.165) is 0 Å². The van der Waals surface area contributed by atoms with E-state index in [9.17, 15) is 0 Å². The zero-order valence-electron chi connectivity index (χ0n) is 8.83. The fourth-order valence-electron chi connectivity index (χ4n) is 2.06. The van der Waals surface area contributed by atoms with Gasteiger partial charge in [-0.05, 0) is 37.1 Å². The molecule has 1 aliphatic rings. The first-order valence-electron chi connectivity index (χ1n) is 4.48. The largest absolute Gasteiger partial charge is 0.263 e. The summed E-state index contributed by atoms with van der Waals surface area (Å²) in [6, 6.07) is 0. The zero-order valence-corrected chi connectivity index (χ0v) is 11.5. The van der Waals surface area contributed by atoms with Gasteiger partial charge in [0.15, 0.2) is 0 Å². The molecule has 1 aliphatic carbocycles. The number of rotatable bonds is 1. The van der Waals surface area contributed by atoms with Gasteiger partial charge in [-0.3, -0.25) is 0 Å². The fourth-order valence-corrected chi connectivity index (χ4v) is 5.98. The van der Waals surface area contributed by atoms with E-state index in [2.05, 4.69) is 34.6 Å². The molecule has 0 aromatic rings. The Balaban J connectivity index is 3.28. The molecule has 0 heterocycles. The molecule has 0 spiro atoms. The lowest BCUT2D eigenvalue weighted by molar-refractivity contribution is 0.573. The lowest BCUT2D eigenvalue weighted by atomic mass is 9.87. The Bertz CT molecular complexity index is 298. The van der Waals surface area contributed by atoms with Crippen molar-refractivity contribution in [3.63, 3.8) is 0 Å². The molecule has 0 amide bonds. The molecular formula is C10H16Cl2Si. The molecule has 74 valence electrons. The summed E-state index contributed by atoms with van der Waals surface area (Å²) in [7, 11) is -1.70. The van der Waals surface area contributed by atoms with Crippen LogP contribution in [0.1, 0.15) is 34.6 Å². The van der Waals surface area contributed by atoms with E-state index >= 15 is 0 Å². The number of halogens is 2. The van der Waals surface area contributed by atoms with Crippen LogP contribution < -0.4 is 0 Å². The average molecular weight is 235 g/mol. The van der Waals surface area contributed by atoms with Crippen molar-refractivity contribution in [2.24, 2.45) is 5.41 Å². The van der Waals surface area contributed by atoms with Crippen LogP contribution in [0.5, 0.6) is 0 Å². The van der Waals surface area contributed by atoms with Gasteiger partial charge in [0.25, 0.3) is 7.42 Å². The van der Waals surface area contributed by atoms with Gasteiger partial charge in [0.1, 0.15) is 0 Å². The third kappa shape index (κ3) is 1.62. The third-order valence-corrected chi connectivity index (χ3v) is 6.26. The monoisotopic (exact) mass is 234 g/mol. The van der Waals surface area contributed by atoms with Crippen LogP contribution in [0, 0.1) is 5.41 Å². The van der Waals surface area contributed by atoms with E-state index in [0.29, 0.717) is 0 Å². The van der Waals surface area contributed by atoms with Crippen molar-refractivity contribution >= 4 is 29.6 Å². The predicted molar refractivity (Wildman–Crippen MR) is 63.7 cm³/mol. The van der Waals surface area contributed by atoms with Gasteiger partial charge < -0.3 is 0 Å². The van der Waals surface area contributed by atoms with Crippen molar-refractivity contribution in [3.8, 4) is 0 Å². The first-order chi connectivity index (χ1) is 5.80. The zero-order chi connectivity index (χ0) is 10.4. The topological polar surface area (TPSA) is 0 Å². The highest BCUT2D eigenvalue weighted by Crippen LogP contribution is 2.48. The minimum absolute atomic E-state index is 0.0918. The molecule has 0 aromatic heterocycles. The van der Waals surface area contributed by atoms with Gasteiger partial charge in [0.2, 0.25) is 0 Å². The summed E-state index contributed by atoms with van der Waals surface area (Å²) in [5.41, 5.74) is 4.20. The lowest BCUT2D eigenvalue weighted by Crippen LogP contribution is -2.20. The van der Waals surface area contributed by atoms with E-state index in [1.165, 1.54) is 21.9 Å². The molecule has 0 aliphatic heterocycles. The van der Waals surface area contributed by atoms with E-state index < -0.39 is 7.42 Å². The summed E-state index contributed by atoms with van der Waals surface area (Å²) in [5.74, 6) is 0. The van der Waals surface area contributed by atoms with Crippen LogP contribution in [-0.4, -0.2) is 7.42 Å². The van der Waals surface area contributed by atoms with E-state index in [4.69, 9.17) is 22.2 Å². The minimum Gasteiger partial charge on any atom is -0.145 e. The van der Waals surface area contributed by atoms with E-state index in [-0.39, 0.29) is 5.41 Å². The molecule has 0 atom stereocenters. The molecule has 0 fully saturated rings. The van der Waals surface area contributed by atoms with Crippen molar-refractivity contribution in [1.82, 2.24) is 0 Å². The molecule has 0 radical (unpaired) electrons. The Morgan fingerprint density at radius 3 is 1.62 bits per heavy atom. The van der Waals surface area contributed by atoms with Gasteiger partial charge in [-0.25, -0.2) is 0 Å². The average Bonchev–Trinajstić information content (AvgIpc) is 2.12. The summed E-state index contributed by atoms with van der Waals surface area (Å²) in [6.45, 7) is 10.9. The molecule has 0 saturated heterocycles. The quantitative estimate of drug-likeness (QED) is 0.477. The molecule has 0 bridgehead atoms. The Morgan fingerprint density at radius 2 is 1.46 bits per heavy atom. The van der Waals surface area contributed by atoms with Crippen molar-refractivity contribution in [2.75, 3.05) is 0 Å². The molecular weight excluding hydrogens is 219 g/mol. The maximum absolute atomic E-state index is 6.11. The minimum atomic E-state index is -1.70. The van der Waals surface area contributed by atoms with Gasteiger partial charge in [-0.2, -0.15) is 0 Å². The second-order valence-corrected chi connectivity index (χ2v) is 8.68. The Hall–Kier alpha value is 0.277. The van der Waals surface area contributed by atoms with Gasteiger partial charge in [0.05, 0.1) is 0 Å². The Kier molecular flexibility index (Phi) is 3.01. The summed E-state index contributed by atoms with van der Waals surface area (Å²) in [6.07, 6.45) is 0. The van der Waals surface area contributed by atoms with Crippen molar-refractivity contribution in [3.05, 3.63) is 21.9 Å². The smallest absolute Gasteiger partial charge is 0.145 e. The van der Waals surface area contributed by atoms with Crippen molar-refractivity contribution < 1.29 is 0 Å². The number of hydrogen-bond acceptors (Lipinski definition) is 0. The Labute approximate surface area is 91.6 Å². The van der Waals surface area contributed by atoms with Crippen LogP contribution >= 0.6 is 22.2 Å². The van der Waals surface area contributed by atoms with Crippen LogP contribution in [0.25, 0.3) is 0 Å². The molecule has 0 unspecified atom stereocenters. The molecule has 0 aromatic carbocycles. The van der Waals surface area contributed by atoms with Gasteiger partial charge in [-0.15, -0.1) is 22.2 Å². The summed E-state index contributed by atoms with van der Waals surface area (Å²) in [5, 5.41) is 1.30. The summed E-state index contributed by atoms with van der Waals surface area (Å²) >= 11 is 12.2. The SMILES string of the molecule is CC1=C(C)C(C)(C)C([SiH](Cl)Cl)=C1C. The molecule has 0 nitrogen and oxygen atoms in total. The normalized spacial score (nSPS) is 22.2. The lowest BCUT2D eigenvalue weighted by Gasteiger charge is -2.26.